The lowest BCUT2D eigenvalue weighted by Gasteiger charge is -2.28. The quantitative estimate of drug-likeness (QED) is 0.572. The second-order valence-electron chi connectivity index (χ2n) is 7.70. The summed E-state index contributed by atoms with van der Waals surface area (Å²) in [6.07, 6.45) is 0.237. The van der Waals surface area contributed by atoms with Crippen LogP contribution in [-0.4, -0.2) is 46.5 Å². The van der Waals surface area contributed by atoms with E-state index in [2.05, 4.69) is 5.32 Å². The first-order valence-corrected chi connectivity index (χ1v) is 9.71. The van der Waals surface area contributed by atoms with E-state index in [1.165, 1.54) is 0 Å². The van der Waals surface area contributed by atoms with Gasteiger partial charge in [0.1, 0.15) is 6.04 Å². The third-order valence-electron chi connectivity index (χ3n) is 5.40. The highest BCUT2D eigenvalue weighted by Crippen LogP contribution is 2.30. The van der Waals surface area contributed by atoms with Crippen molar-refractivity contribution < 1.29 is 19.2 Å². The lowest BCUT2D eigenvalue weighted by Crippen LogP contribution is -2.54. The first-order chi connectivity index (χ1) is 14.3. The maximum absolute atomic E-state index is 13.1. The van der Waals surface area contributed by atoms with Gasteiger partial charge in [0.15, 0.2) is 0 Å². The van der Waals surface area contributed by atoms with Gasteiger partial charge < -0.3 is 5.73 Å². The van der Waals surface area contributed by atoms with Crippen LogP contribution in [0.15, 0.2) is 42.5 Å². The zero-order valence-electron chi connectivity index (χ0n) is 16.6. The molecule has 0 aliphatic carbocycles. The van der Waals surface area contributed by atoms with Crippen molar-refractivity contribution in [1.82, 2.24) is 15.1 Å². The second kappa shape index (κ2) is 7.72. The topological polar surface area (TPSA) is 113 Å². The van der Waals surface area contributed by atoms with Gasteiger partial charge in [0, 0.05) is 25.2 Å². The van der Waals surface area contributed by atoms with Crippen molar-refractivity contribution in [1.29, 1.82) is 0 Å². The van der Waals surface area contributed by atoms with E-state index in [0.29, 0.717) is 35.5 Å². The molecular formula is C22H22N4O4. The first kappa shape index (κ1) is 19.8. The minimum absolute atomic E-state index is 0.0968. The number of amides is 4. The standard InChI is InChI=1S/C22H22N4O4/c1-25(11-13-4-2-6-15(23)10-13)12-14-5-3-7-16-19(14)22(30)26(21(16)29)17-8-9-18(27)24-20(17)28/h2-7,10,17H,8-9,11-12,23H2,1H3,(H,24,27,28). The number of nitrogen functional groups attached to an aromatic ring is 1. The van der Waals surface area contributed by atoms with Gasteiger partial charge in [-0.2, -0.15) is 0 Å². The van der Waals surface area contributed by atoms with Crippen LogP contribution in [0.1, 0.15) is 44.7 Å². The van der Waals surface area contributed by atoms with E-state index in [1.807, 2.05) is 42.3 Å². The molecule has 1 saturated heterocycles. The van der Waals surface area contributed by atoms with Crippen molar-refractivity contribution in [3.63, 3.8) is 0 Å². The SMILES string of the molecule is CN(Cc1cccc(N)c1)Cc1cccc2c1C(=O)N(C1CCC(=O)NC1=O)C2=O. The van der Waals surface area contributed by atoms with Gasteiger partial charge in [-0.25, -0.2) is 0 Å². The predicted molar refractivity (Wildman–Crippen MR) is 109 cm³/mol. The molecule has 4 amide bonds. The zero-order valence-corrected chi connectivity index (χ0v) is 16.6. The van der Waals surface area contributed by atoms with E-state index in [-0.39, 0.29) is 12.8 Å². The van der Waals surface area contributed by atoms with Crippen molar-refractivity contribution in [3.8, 4) is 0 Å². The maximum atomic E-state index is 13.1. The van der Waals surface area contributed by atoms with E-state index >= 15 is 0 Å². The Hall–Kier alpha value is -3.52. The number of hydrogen-bond acceptors (Lipinski definition) is 6. The molecule has 2 heterocycles. The van der Waals surface area contributed by atoms with Crippen molar-refractivity contribution in [3.05, 3.63) is 64.7 Å². The number of nitrogens with zero attached hydrogens (tertiary/aromatic N) is 2. The van der Waals surface area contributed by atoms with Crippen LogP contribution in [0.5, 0.6) is 0 Å². The van der Waals surface area contributed by atoms with Crippen LogP contribution >= 0.6 is 0 Å². The highest BCUT2D eigenvalue weighted by atomic mass is 16.2. The van der Waals surface area contributed by atoms with Crippen LogP contribution in [0.4, 0.5) is 5.69 Å². The van der Waals surface area contributed by atoms with E-state index in [0.717, 1.165) is 10.5 Å². The molecule has 30 heavy (non-hydrogen) atoms. The van der Waals surface area contributed by atoms with Crippen LogP contribution in [0.25, 0.3) is 0 Å². The van der Waals surface area contributed by atoms with Crippen molar-refractivity contribution >= 4 is 29.3 Å². The molecule has 2 aromatic rings. The van der Waals surface area contributed by atoms with Gasteiger partial charge in [0.05, 0.1) is 11.1 Å². The van der Waals surface area contributed by atoms with Gasteiger partial charge in [-0.05, 0) is 42.8 Å². The lowest BCUT2D eigenvalue weighted by molar-refractivity contribution is -0.136. The Kier molecular flexibility index (Phi) is 5.09. The number of rotatable bonds is 5. The number of fused-ring (bicyclic) bond motifs is 1. The summed E-state index contributed by atoms with van der Waals surface area (Å²) in [6.45, 7) is 1.06. The molecule has 2 aromatic carbocycles. The van der Waals surface area contributed by atoms with Gasteiger partial charge >= 0.3 is 0 Å². The van der Waals surface area contributed by atoms with Crippen LogP contribution in [-0.2, 0) is 22.7 Å². The number of hydrogen-bond donors (Lipinski definition) is 2. The van der Waals surface area contributed by atoms with Crippen molar-refractivity contribution in [2.75, 3.05) is 12.8 Å². The Morgan fingerprint density at radius 2 is 1.83 bits per heavy atom. The number of imide groups is 2. The number of piperidine rings is 1. The van der Waals surface area contributed by atoms with E-state index < -0.39 is 29.7 Å². The van der Waals surface area contributed by atoms with Gasteiger partial charge in [0.2, 0.25) is 11.8 Å². The number of carbonyl (C=O) groups excluding carboxylic acids is 4. The second-order valence-corrected chi connectivity index (χ2v) is 7.70. The molecule has 1 unspecified atom stereocenters. The highest BCUT2D eigenvalue weighted by Gasteiger charge is 2.45. The molecule has 0 aromatic heterocycles. The smallest absolute Gasteiger partial charge is 0.262 e. The van der Waals surface area contributed by atoms with Gasteiger partial charge in [-0.15, -0.1) is 0 Å². The minimum atomic E-state index is -0.965. The molecule has 3 N–H and O–H groups in total. The Bertz CT molecular complexity index is 1060. The summed E-state index contributed by atoms with van der Waals surface area (Å²) in [5.74, 6) is -1.99. The Labute approximate surface area is 173 Å². The monoisotopic (exact) mass is 406 g/mol. The van der Waals surface area contributed by atoms with Crippen LogP contribution in [0.2, 0.25) is 0 Å². The molecular weight excluding hydrogens is 384 g/mol. The van der Waals surface area contributed by atoms with Crippen molar-refractivity contribution in [2.45, 2.75) is 32.0 Å². The number of nitrogens with two attached hydrogens (primary N) is 1. The summed E-state index contributed by atoms with van der Waals surface area (Å²) in [7, 11) is 1.92. The van der Waals surface area contributed by atoms with E-state index in [4.69, 9.17) is 5.73 Å². The Balaban J connectivity index is 1.57. The average molecular weight is 406 g/mol. The van der Waals surface area contributed by atoms with Gasteiger partial charge in [-0.3, -0.25) is 34.3 Å². The lowest BCUT2D eigenvalue weighted by atomic mass is 10.0. The third-order valence-corrected chi connectivity index (χ3v) is 5.40. The molecule has 0 spiro atoms. The summed E-state index contributed by atoms with van der Waals surface area (Å²) >= 11 is 0. The zero-order chi connectivity index (χ0) is 21.4. The molecule has 154 valence electrons. The highest BCUT2D eigenvalue weighted by molar-refractivity contribution is 6.24. The Morgan fingerprint density at radius 1 is 1.07 bits per heavy atom. The summed E-state index contributed by atoms with van der Waals surface area (Å²) < 4.78 is 0. The average Bonchev–Trinajstić information content (AvgIpc) is 2.94. The first-order valence-electron chi connectivity index (χ1n) is 9.71. The van der Waals surface area contributed by atoms with E-state index in [1.54, 1.807) is 12.1 Å². The molecule has 2 aliphatic rings. The number of carbonyl (C=O) groups is 4. The molecule has 0 radical (unpaired) electrons. The number of anilines is 1. The summed E-state index contributed by atoms with van der Waals surface area (Å²) in [4.78, 5) is 52.7. The molecule has 8 heteroatoms. The minimum Gasteiger partial charge on any atom is -0.399 e. The third kappa shape index (κ3) is 3.57. The fraction of sp³-hybridized carbons (Fsp3) is 0.273. The molecule has 1 fully saturated rings. The van der Waals surface area contributed by atoms with E-state index in [9.17, 15) is 19.2 Å². The fourth-order valence-corrected chi connectivity index (χ4v) is 4.07. The van der Waals surface area contributed by atoms with Gasteiger partial charge in [0.25, 0.3) is 11.8 Å². The van der Waals surface area contributed by atoms with Crippen LogP contribution in [0.3, 0.4) is 0 Å². The maximum Gasteiger partial charge on any atom is 0.262 e. The Morgan fingerprint density at radius 3 is 2.57 bits per heavy atom. The van der Waals surface area contributed by atoms with Crippen LogP contribution in [0, 0.1) is 0 Å². The van der Waals surface area contributed by atoms with Crippen molar-refractivity contribution in [2.24, 2.45) is 0 Å². The molecule has 0 bridgehead atoms. The fourth-order valence-electron chi connectivity index (χ4n) is 4.07. The molecule has 1 atom stereocenters. The molecule has 2 aliphatic heterocycles. The summed E-state index contributed by atoms with van der Waals surface area (Å²) in [5, 5.41) is 2.21. The molecule has 4 rings (SSSR count). The van der Waals surface area contributed by atoms with Crippen LogP contribution < -0.4 is 11.1 Å². The molecule has 8 nitrogen and oxygen atoms in total. The number of nitrogens with one attached hydrogen (secondary N) is 1. The number of benzene rings is 2. The predicted octanol–water partition coefficient (Wildman–Crippen LogP) is 1.30. The molecule has 0 saturated carbocycles. The normalized spacial score (nSPS) is 18.7. The largest absolute Gasteiger partial charge is 0.399 e. The van der Waals surface area contributed by atoms with Gasteiger partial charge in [-0.1, -0.05) is 24.3 Å². The summed E-state index contributed by atoms with van der Waals surface area (Å²) in [6, 6.07) is 11.8. The summed E-state index contributed by atoms with van der Waals surface area (Å²) in [5.41, 5.74) is 8.89.